The molecule has 0 amide bonds. The lowest BCUT2D eigenvalue weighted by Crippen LogP contribution is -2.15. The summed E-state index contributed by atoms with van der Waals surface area (Å²) in [5, 5.41) is 5.21. The van der Waals surface area contributed by atoms with Gasteiger partial charge in [-0.3, -0.25) is 0 Å². The maximum atomic E-state index is 3.66. The van der Waals surface area contributed by atoms with E-state index in [1.807, 2.05) is 0 Å². The zero-order chi connectivity index (χ0) is 20.5. The van der Waals surface area contributed by atoms with E-state index in [1.54, 1.807) is 0 Å². The number of halogens is 1. The van der Waals surface area contributed by atoms with Gasteiger partial charge in [0.05, 0.1) is 0 Å². The van der Waals surface area contributed by atoms with Crippen LogP contribution in [-0.2, 0) is 5.41 Å². The molecule has 5 aromatic carbocycles. The minimum Gasteiger partial charge on any atom is -0.0616 e. The van der Waals surface area contributed by atoms with Crippen LogP contribution < -0.4 is 0 Å². The van der Waals surface area contributed by atoms with Gasteiger partial charge in [0.15, 0.2) is 0 Å². The summed E-state index contributed by atoms with van der Waals surface area (Å²) >= 11 is 3.66. The minimum atomic E-state index is -0.00595. The fourth-order valence-electron chi connectivity index (χ4n) is 5.07. The molecule has 1 heteroatoms. The van der Waals surface area contributed by atoms with Crippen molar-refractivity contribution < 1.29 is 0 Å². The zero-order valence-corrected chi connectivity index (χ0v) is 18.6. The molecule has 0 N–H and O–H groups in total. The van der Waals surface area contributed by atoms with Gasteiger partial charge < -0.3 is 0 Å². The van der Waals surface area contributed by atoms with Crippen LogP contribution in [0, 0.1) is 0 Å². The Balaban J connectivity index is 1.55. The first-order valence-electron chi connectivity index (χ1n) is 10.4. The van der Waals surface area contributed by atoms with Gasteiger partial charge in [0, 0.05) is 9.89 Å². The molecular formula is C29H21Br. The molecule has 0 aliphatic heterocycles. The fourth-order valence-corrected chi connectivity index (χ4v) is 5.43. The predicted molar refractivity (Wildman–Crippen MR) is 132 cm³/mol. The summed E-state index contributed by atoms with van der Waals surface area (Å²) in [6, 6.07) is 33.6. The largest absolute Gasteiger partial charge is 0.0616 e. The van der Waals surface area contributed by atoms with Crippen LogP contribution in [0.1, 0.15) is 25.0 Å². The van der Waals surface area contributed by atoms with Crippen LogP contribution in [0.5, 0.6) is 0 Å². The second-order valence-corrected chi connectivity index (χ2v) is 9.71. The summed E-state index contributed by atoms with van der Waals surface area (Å²) in [5.41, 5.74) is 8.07. The lowest BCUT2D eigenvalue weighted by atomic mass is 9.81. The van der Waals surface area contributed by atoms with Gasteiger partial charge in [0.1, 0.15) is 0 Å². The van der Waals surface area contributed by atoms with E-state index in [1.165, 1.54) is 54.9 Å². The topological polar surface area (TPSA) is 0 Å². The van der Waals surface area contributed by atoms with Crippen molar-refractivity contribution in [2.45, 2.75) is 19.3 Å². The molecule has 30 heavy (non-hydrogen) atoms. The number of benzene rings is 5. The van der Waals surface area contributed by atoms with Gasteiger partial charge in [-0.2, -0.15) is 0 Å². The average Bonchev–Trinajstić information content (AvgIpc) is 2.99. The molecule has 5 aromatic rings. The second-order valence-electron chi connectivity index (χ2n) is 8.80. The van der Waals surface area contributed by atoms with Crippen molar-refractivity contribution in [3.05, 3.63) is 107 Å². The van der Waals surface area contributed by atoms with Gasteiger partial charge in [-0.05, 0) is 79.2 Å². The quantitative estimate of drug-likeness (QED) is 0.225. The Kier molecular flexibility index (Phi) is 3.76. The highest BCUT2D eigenvalue weighted by molar-refractivity contribution is 9.10. The third-order valence-electron chi connectivity index (χ3n) is 6.72. The normalized spacial score (nSPS) is 14.1. The summed E-state index contributed by atoms with van der Waals surface area (Å²) in [5.74, 6) is 0. The second kappa shape index (κ2) is 6.30. The molecule has 0 saturated heterocycles. The highest BCUT2D eigenvalue weighted by Crippen LogP contribution is 2.50. The summed E-state index contributed by atoms with van der Waals surface area (Å²) in [4.78, 5) is 0. The van der Waals surface area contributed by atoms with Crippen LogP contribution in [0.4, 0.5) is 0 Å². The van der Waals surface area contributed by atoms with Crippen molar-refractivity contribution in [2.75, 3.05) is 0 Å². The molecule has 0 fully saturated rings. The molecule has 0 radical (unpaired) electrons. The number of hydrogen-bond acceptors (Lipinski definition) is 0. The highest BCUT2D eigenvalue weighted by atomic mass is 79.9. The van der Waals surface area contributed by atoms with E-state index in [0.717, 1.165) is 4.47 Å². The van der Waals surface area contributed by atoms with E-state index in [9.17, 15) is 0 Å². The molecule has 0 aromatic heterocycles. The van der Waals surface area contributed by atoms with Crippen molar-refractivity contribution in [3.8, 4) is 22.3 Å². The molecule has 0 spiro atoms. The molecule has 0 atom stereocenters. The van der Waals surface area contributed by atoms with E-state index < -0.39 is 0 Å². The molecule has 1 aliphatic rings. The molecule has 1 aliphatic carbocycles. The van der Waals surface area contributed by atoms with E-state index in [-0.39, 0.29) is 5.41 Å². The van der Waals surface area contributed by atoms with Crippen LogP contribution in [0.15, 0.2) is 95.5 Å². The Morgan fingerprint density at radius 3 is 2.00 bits per heavy atom. The maximum Gasteiger partial charge on any atom is 0.0178 e. The minimum absolute atomic E-state index is 0.00595. The molecule has 0 unspecified atom stereocenters. The van der Waals surface area contributed by atoms with Gasteiger partial charge >= 0.3 is 0 Å². The van der Waals surface area contributed by atoms with Crippen molar-refractivity contribution in [1.82, 2.24) is 0 Å². The lowest BCUT2D eigenvalue weighted by Gasteiger charge is -2.22. The fraction of sp³-hybridized carbons (Fsp3) is 0.103. The van der Waals surface area contributed by atoms with Crippen LogP contribution >= 0.6 is 15.9 Å². The lowest BCUT2D eigenvalue weighted by molar-refractivity contribution is 0.660. The Labute approximate surface area is 185 Å². The number of hydrogen-bond donors (Lipinski definition) is 0. The number of fused-ring (bicyclic) bond motifs is 6. The van der Waals surface area contributed by atoms with Gasteiger partial charge in [0.2, 0.25) is 0 Å². The van der Waals surface area contributed by atoms with Crippen LogP contribution in [-0.4, -0.2) is 0 Å². The molecule has 0 nitrogen and oxygen atoms in total. The van der Waals surface area contributed by atoms with E-state index in [2.05, 4.69) is 121 Å². The van der Waals surface area contributed by atoms with E-state index in [4.69, 9.17) is 0 Å². The Hall–Kier alpha value is -2.90. The summed E-state index contributed by atoms with van der Waals surface area (Å²) in [6.45, 7) is 4.67. The number of rotatable bonds is 1. The zero-order valence-electron chi connectivity index (χ0n) is 17.0. The first kappa shape index (κ1) is 17.9. The van der Waals surface area contributed by atoms with Gasteiger partial charge in [-0.1, -0.05) is 96.5 Å². The summed E-state index contributed by atoms with van der Waals surface area (Å²) in [7, 11) is 0. The molecule has 6 rings (SSSR count). The summed E-state index contributed by atoms with van der Waals surface area (Å²) < 4.78 is 1.14. The third kappa shape index (κ3) is 2.52. The SMILES string of the molecule is CC1(C)c2cc(Br)ccc2-c2ccc(-c3ccc4ccc5ccccc5c4c3)cc21. The maximum absolute atomic E-state index is 3.66. The van der Waals surface area contributed by atoms with Gasteiger partial charge in [-0.15, -0.1) is 0 Å². The first-order valence-corrected chi connectivity index (χ1v) is 11.2. The van der Waals surface area contributed by atoms with E-state index in [0.29, 0.717) is 0 Å². The van der Waals surface area contributed by atoms with Crippen molar-refractivity contribution in [2.24, 2.45) is 0 Å². The molecule has 0 saturated carbocycles. The van der Waals surface area contributed by atoms with Crippen LogP contribution in [0.3, 0.4) is 0 Å². The van der Waals surface area contributed by atoms with Crippen molar-refractivity contribution in [3.63, 3.8) is 0 Å². The van der Waals surface area contributed by atoms with E-state index >= 15 is 0 Å². The Morgan fingerprint density at radius 2 is 1.17 bits per heavy atom. The Morgan fingerprint density at radius 1 is 0.567 bits per heavy atom. The monoisotopic (exact) mass is 448 g/mol. The summed E-state index contributed by atoms with van der Waals surface area (Å²) in [6.07, 6.45) is 0. The Bertz CT molecular complexity index is 1470. The van der Waals surface area contributed by atoms with Crippen molar-refractivity contribution >= 4 is 37.5 Å². The standard InChI is InChI=1S/C29H21Br/c1-29(2)27-16-21(11-13-24(27)25-14-12-22(30)17-28(25)29)20-10-9-19-8-7-18-5-3-4-6-23(18)26(19)15-20/h3-17H,1-2H3. The molecule has 144 valence electrons. The molecular weight excluding hydrogens is 428 g/mol. The molecule has 0 heterocycles. The van der Waals surface area contributed by atoms with Crippen molar-refractivity contribution in [1.29, 1.82) is 0 Å². The predicted octanol–water partition coefficient (Wildman–Crippen LogP) is 8.73. The van der Waals surface area contributed by atoms with Gasteiger partial charge in [0.25, 0.3) is 0 Å². The smallest absolute Gasteiger partial charge is 0.0178 e. The molecule has 0 bridgehead atoms. The van der Waals surface area contributed by atoms with Gasteiger partial charge in [-0.25, -0.2) is 0 Å². The van der Waals surface area contributed by atoms with Crippen LogP contribution in [0.2, 0.25) is 0 Å². The average molecular weight is 449 g/mol. The van der Waals surface area contributed by atoms with Crippen LogP contribution in [0.25, 0.3) is 43.8 Å². The highest BCUT2D eigenvalue weighted by Gasteiger charge is 2.35. The third-order valence-corrected chi connectivity index (χ3v) is 7.21. The first-order chi connectivity index (χ1) is 14.5.